The fraction of sp³-hybridized carbons (Fsp3) is 0.357. The Morgan fingerprint density at radius 1 is 1.18 bits per heavy atom. The Labute approximate surface area is 106 Å². The maximum atomic E-state index is 5.89. The summed E-state index contributed by atoms with van der Waals surface area (Å²) in [5.74, 6) is 1.18. The van der Waals surface area contributed by atoms with Crippen LogP contribution in [0, 0.1) is 0 Å². The average molecular weight is 247 g/mol. The quantitative estimate of drug-likeness (QED) is 0.794. The first-order valence-electron chi connectivity index (χ1n) is 6.10. The van der Waals surface area contributed by atoms with E-state index in [1.54, 1.807) is 0 Å². The molecule has 1 aliphatic rings. The van der Waals surface area contributed by atoms with Crippen molar-refractivity contribution >= 4 is 11.6 Å². The van der Waals surface area contributed by atoms with Crippen LogP contribution >= 0.6 is 11.6 Å². The van der Waals surface area contributed by atoms with Crippen molar-refractivity contribution < 1.29 is 0 Å². The molecule has 1 aromatic carbocycles. The SMILES string of the molecule is Clc1ccc(Cc2ncc3n2CCCC3)cc1. The van der Waals surface area contributed by atoms with Gasteiger partial charge in [0.05, 0.1) is 0 Å². The Balaban J connectivity index is 1.85. The summed E-state index contributed by atoms with van der Waals surface area (Å²) < 4.78 is 2.37. The fourth-order valence-corrected chi connectivity index (χ4v) is 2.55. The lowest BCUT2D eigenvalue weighted by Gasteiger charge is -2.16. The van der Waals surface area contributed by atoms with Gasteiger partial charge < -0.3 is 4.57 Å². The van der Waals surface area contributed by atoms with Crippen LogP contribution in [0.15, 0.2) is 30.5 Å². The molecule has 2 aromatic rings. The number of nitrogens with zero attached hydrogens (tertiary/aromatic N) is 2. The molecule has 0 saturated heterocycles. The highest BCUT2D eigenvalue weighted by Crippen LogP contribution is 2.19. The molecule has 0 spiro atoms. The van der Waals surface area contributed by atoms with E-state index in [1.807, 2.05) is 18.3 Å². The number of aryl methyl sites for hydroxylation is 1. The van der Waals surface area contributed by atoms with E-state index in [1.165, 1.54) is 36.3 Å². The van der Waals surface area contributed by atoms with Gasteiger partial charge in [0.15, 0.2) is 0 Å². The molecule has 0 bridgehead atoms. The summed E-state index contributed by atoms with van der Waals surface area (Å²) in [6.07, 6.45) is 6.68. The maximum absolute atomic E-state index is 5.89. The summed E-state index contributed by atoms with van der Waals surface area (Å²) in [5, 5.41) is 0.791. The standard InChI is InChI=1S/C14H15ClN2/c15-12-6-4-11(5-7-12)9-14-16-10-13-3-1-2-8-17(13)14/h4-7,10H,1-3,8-9H2. The van der Waals surface area contributed by atoms with Gasteiger partial charge in [0, 0.05) is 29.9 Å². The number of hydrogen-bond donors (Lipinski definition) is 0. The first kappa shape index (κ1) is 10.8. The van der Waals surface area contributed by atoms with Crippen molar-refractivity contribution in [3.63, 3.8) is 0 Å². The topological polar surface area (TPSA) is 17.8 Å². The van der Waals surface area contributed by atoms with Gasteiger partial charge in [0.25, 0.3) is 0 Å². The second-order valence-electron chi connectivity index (χ2n) is 4.58. The molecule has 3 rings (SSSR count). The lowest BCUT2D eigenvalue weighted by molar-refractivity contribution is 0.518. The first-order chi connectivity index (χ1) is 8.33. The molecule has 88 valence electrons. The number of fused-ring (bicyclic) bond motifs is 1. The van der Waals surface area contributed by atoms with Gasteiger partial charge in [-0.1, -0.05) is 23.7 Å². The number of aromatic nitrogens is 2. The lowest BCUT2D eigenvalue weighted by Crippen LogP contribution is -2.12. The molecule has 3 heteroatoms. The van der Waals surface area contributed by atoms with Crippen LogP contribution in [0.25, 0.3) is 0 Å². The van der Waals surface area contributed by atoms with E-state index in [0.29, 0.717) is 0 Å². The molecule has 1 aliphatic heterocycles. The van der Waals surface area contributed by atoms with Crippen LogP contribution in [-0.2, 0) is 19.4 Å². The molecule has 1 aromatic heterocycles. The summed E-state index contributed by atoms with van der Waals surface area (Å²) >= 11 is 5.89. The van der Waals surface area contributed by atoms with Gasteiger partial charge in [-0.05, 0) is 37.0 Å². The van der Waals surface area contributed by atoms with Gasteiger partial charge in [0.2, 0.25) is 0 Å². The molecule has 0 radical (unpaired) electrons. The Hall–Kier alpha value is -1.28. The van der Waals surface area contributed by atoms with Gasteiger partial charge >= 0.3 is 0 Å². The Bertz CT molecular complexity index is 514. The highest BCUT2D eigenvalue weighted by atomic mass is 35.5. The molecule has 0 fully saturated rings. The van der Waals surface area contributed by atoms with Crippen LogP contribution in [0.5, 0.6) is 0 Å². The number of benzene rings is 1. The van der Waals surface area contributed by atoms with Crippen molar-refractivity contribution in [2.24, 2.45) is 0 Å². The van der Waals surface area contributed by atoms with E-state index in [4.69, 9.17) is 11.6 Å². The van der Waals surface area contributed by atoms with Gasteiger partial charge in [0.1, 0.15) is 5.82 Å². The second-order valence-corrected chi connectivity index (χ2v) is 5.01. The second kappa shape index (κ2) is 4.53. The third kappa shape index (κ3) is 2.22. The molecule has 0 amide bonds. The normalized spacial score (nSPS) is 14.6. The van der Waals surface area contributed by atoms with E-state index in [-0.39, 0.29) is 0 Å². The number of imidazole rings is 1. The molecule has 0 atom stereocenters. The van der Waals surface area contributed by atoms with Crippen molar-refractivity contribution in [1.29, 1.82) is 0 Å². The molecular weight excluding hydrogens is 232 g/mol. The van der Waals surface area contributed by atoms with E-state index >= 15 is 0 Å². The third-order valence-electron chi connectivity index (χ3n) is 3.36. The summed E-state index contributed by atoms with van der Waals surface area (Å²) in [4.78, 5) is 4.55. The average Bonchev–Trinajstić information content (AvgIpc) is 2.76. The zero-order chi connectivity index (χ0) is 11.7. The van der Waals surface area contributed by atoms with E-state index in [2.05, 4.69) is 21.7 Å². The summed E-state index contributed by atoms with van der Waals surface area (Å²) in [5.41, 5.74) is 2.66. The molecule has 0 saturated carbocycles. The highest BCUT2D eigenvalue weighted by molar-refractivity contribution is 6.30. The van der Waals surface area contributed by atoms with Crippen LogP contribution < -0.4 is 0 Å². The van der Waals surface area contributed by atoms with Gasteiger partial charge in [-0.2, -0.15) is 0 Å². The highest BCUT2D eigenvalue weighted by Gasteiger charge is 2.13. The summed E-state index contributed by atoms with van der Waals surface area (Å²) in [6.45, 7) is 1.12. The van der Waals surface area contributed by atoms with Gasteiger partial charge in [-0.25, -0.2) is 4.98 Å². The fourth-order valence-electron chi connectivity index (χ4n) is 2.43. The zero-order valence-electron chi connectivity index (χ0n) is 9.69. The molecule has 2 nitrogen and oxygen atoms in total. The number of halogens is 1. The maximum Gasteiger partial charge on any atom is 0.113 e. The van der Waals surface area contributed by atoms with Gasteiger partial charge in [-0.3, -0.25) is 0 Å². The largest absolute Gasteiger partial charge is 0.332 e. The van der Waals surface area contributed by atoms with Crippen LogP contribution in [0.2, 0.25) is 5.02 Å². The minimum atomic E-state index is 0.791. The van der Waals surface area contributed by atoms with Crippen LogP contribution in [0.4, 0.5) is 0 Å². The molecular formula is C14H15ClN2. The van der Waals surface area contributed by atoms with Crippen LogP contribution in [-0.4, -0.2) is 9.55 Å². The van der Waals surface area contributed by atoms with E-state index in [0.717, 1.165) is 18.0 Å². The molecule has 0 unspecified atom stereocenters. The predicted octanol–water partition coefficient (Wildman–Crippen LogP) is 3.46. The monoisotopic (exact) mass is 246 g/mol. The molecule has 2 heterocycles. The van der Waals surface area contributed by atoms with Crippen molar-refractivity contribution in [2.45, 2.75) is 32.2 Å². The number of rotatable bonds is 2. The minimum absolute atomic E-state index is 0.791. The number of hydrogen-bond acceptors (Lipinski definition) is 1. The predicted molar refractivity (Wildman–Crippen MR) is 69.4 cm³/mol. The van der Waals surface area contributed by atoms with Gasteiger partial charge in [-0.15, -0.1) is 0 Å². The summed E-state index contributed by atoms with van der Waals surface area (Å²) in [7, 11) is 0. The van der Waals surface area contributed by atoms with E-state index in [9.17, 15) is 0 Å². The molecule has 17 heavy (non-hydrogen) atoms. The Morgan fingerprint density at radius 3 is 2.82 bits per heavy atom. The zero-order valence-corrected chi connectivity index (χ0v) is 10.5. The van der Waals surface area contributed by atoms with Crippen molar-refractivity contribution in [2.75, 3.05) is 0 Å². The Morgan fingerprint density at radius 2 is 2.00 bits per heavy atom. The van der Waals surface area contributed by atoms with E-state index < -0.39 is 0 Å². The van der Waals surface area contributed by atoms with Crippen molar-refractivity contribution in [1.82, 2.24) is 9.55 Å². The molecule has 0 aliphatic carbocycles. The Kier molecular flexibility index (Phi) is 2.89. The smallest absolute Gasteiger partial charge is 0.113 e. The van der Waals surface area contributed by atoms with Crippen LogP contribution in [0.1, 0.15) is 29.9 Å². The van der Waals surface area contributed by atoms with Crippen molar-refractivity contribution in [3.05, 3.63) is 52.6 Å². The molecule has 0 N–H and O–H groups in total. The lowest BCUT2D eigenvalue weighted by atomic mass is 10.1. The first-order valence-corrected chi connectivity index (χ1v) is 6.48. The third-order valence-corrected chi connectivity index (χ3v) is 3.61. The summed E-state index contributed by atoms with van der Waals surface area (Å²) in [6, 6.07) is 8.04. The minimum Gasteiger partial charge on any atom is -0.332 e. The van der Waals surface area contributed by atoms with Crippen molar-refractivity contribution in [3.8, 4) is 0 Å². The van der Waals surface area contributed by atoms with Crippen LogP contribution in [0.3, 0.4) is 0 Å².